The maximum absolute atomic E-state index is 10.4. The van der Waals surface area contributed by atoms with Gasteiger partial charge in [-0.05, 0) is 70.9 Å². The standard InChI is InChI=1S/C16H19BrNO.C5H5.Fe/c1-12(16(19)13-7-4-3-5-8-13)18(2)11-14-9-6-10-15(14)17;1-2-4-5-3-1;/h3-10,12,16,19H,11H2,1-2H3;1-5H;/q;;+2/t12-,16-;;/m0../s1. The minimum atomic E-state index is -0.472. The van der Waals surface area contributed by atoms with Gasteiger partial charge in [-0.3, -0.25) is 0 Å². The van der Waals surface area contributed by atoms with Crippen LogP contribution in [-0.2, 0) is 17.1 Å². The van der Waals surface area contributed by atoms with Gasteiger partial charge in [0.15, 0.2) is 0 Å². The molecule has 2 aliphatic carbocycles. The van der Waals surface area contributed by atoms with Gasteiger partial charge in [0.05, 0.1) is 10.9 Å². The summed E-state index contributed by atoms with van der Waals surface area (Å²) in [4.78, 5) is 3.29. The predicted octanol–water partition coefficient (Wildman–Crippen LogP) is 4.19. The molecule has 4 heteroatoms. The maximum Gasteiger partial charge on any atom is 2.00 e. The Balaban J connectivity index is 0.000000448. The van der Waals surface area contributed by atoms with Gasteiger partial charge in [0.1, 0.15) is 0 Å². The second kappa shape index (κ2) is 12.5. The first-order valence-electron chi connectivity index (χ1n) is 8.09. The van der Waals surface area contributed by atoms with Crippen LogP contribution in [0.2, 0.25) is 0 Å². The van der Waals surface area contributed by atoms with E-state index in [4.69, 9.17) is 0 Å². The van der Waals surface area contributed by atoms with Crippen molar-refractivity contribution in [1.29, 1.82) is 0 Å². The van der Waals surface area contributed by atoms with Crippen LogP contribution in [0.1, 0.15) is 18.6 Å². The van der Waals surface area contributed by atoms with E-state index in [9.17, 15) is 5.11 Å². The van der Waals surface area contributed by atoms with E-state index in [0.717, 1.165) is 16.9 Å². The molecule has 0 aromatic heterocycles. The zero-order chi connectivity index (χ0) is 17.4. The molecule has 1 aromatic carbocycles. The molecule has 0 aliphatic heterocycles. The van der Waals surface area contributed by atoms with Gasteiger partial charge in [-0.2, -0.15) is 0 Å². The number of benzene rings is 1. The van der Waals surface area contributed by atoms with Crippen LogP contribution in [0.25, 0.3) is 0 Å². The quantitative estimate of drug-likeness (QED) is 0.692. The van der Waals surface area contributed by atoms with Crippen molar-refractivity contribution in [3.63, 3.8) is 0 Å². The topological polar surface area (TPSA) is 23.5 Å². The summed E-state index contributed by atoms with van der Waals surface area (Å²) in [6.07, 6.45) is 15.7. The Morgan fingerprint density at radius 2 is 1.52 bits per heavy atom. The van der Waals surface area contributed by atoms with Gasteiger partial charge in [-0.1, -0.05) is 46.3 Å². The molecule has 0 unspecified atom stereocenters. The molecule has 10 radical (unpaired) electrons. The first-order valence-corrected chi connectivity index (χ1v) is 8.89. The van der Waals surface area contributed by atoms with Crippen LogP contribution < -0.4 is 0 Å². The number of aliphatic hydroxyl groups excluding tert-OH is 1. The number of halogens is 1. The van der Waals surface area contributed by atoms with Crippen molar-refractivity contribution in [1.82, 2.24) is 4.90 Å². The Kier molecular flexibility index (Phi) is 11.6. The molecule has 0 spiro atoms. The van der Waals surface area contributed by atoms with E-state index in [-0.39, 0.29) is 23.1 Å². The van der Waals surface area contributed by atoms with Crippen LogP contribution in [0.15, 0.2) is 30.3 Å². The average molecular weight is 442 g/mol. The monoisotopic (exact) mass is 441 g/mol. The molecule has 25 heavy (non-hydrogen) atoms. The summed E-state index contributed by atoms with van der Waals surface area (Å²) < 4.78 is 0. The average Bonchev–Trinajstić information content (AvgIpc) is 3.30. The molecule has 0 saturated heterocycles. The van der Waals surface area contributed by atoms with E-state index in [1.54, 1.807) is 0 Å². The number of nitrogens with zero attached hydrogens (tertiary/aromatic N) is 1. The van der Waals surface area contributed by atoms with Crippen molar-refractivity contribution >= 4 is 15.9 Å². The summed E-state index contributed by atoms with van der Waals surface area (Å²) in [7, 11) is 2.04. The number of hydrogen-bond acceptors (Lipinski definition) is 2. The molecule has 2 fully saturated rings. The zero-order valence-electron chi connectivity index (χ0n) is 14.5. The molecule has 0 amide bonds. The summed E-state index contributed by atoms with van der Waals surface area (Å²) in [5.41, 5.74) is 0.962. The smallest absolute Gasteiger partial charge is 0.387 e. The van der Waals surface area contributed by atoms with Gasteiger partial charge < -0.3 is 10.0 Å². The molecule has 2 nitrogen and oxygen atoms in total. The molecule has 0 bridgehead atoms. The molecular formula is C21H24BrFeNO+2. The minimum absolute atomic E-state index is 0. The van der Waals surface area contributed by atoms with Crippen molar-refractivity contribution < 1.29 is 22.2 Å². The Labute approximate surface area is 173 Å². The number of aliphatic hydroxyl groups is 1. The number of hydrogen-bond donors (Lipinski definition) is 1. The van der Waals surface area contributed by atoms with E-state index < -0.39 is 6.10 Å². The van der Waals surface area contributed by atoms with Crippen molar-refractivity contribution in [2.75, 3.05) is 13.6 Å². The molecule has 2 saturated carbocycles. The second-order valence-electron chi connectivity index (χ2n) is 5.87. The van der Waals surface area contributed by atoms with Gasteiger partial charge in [0, 0.05) is 18.5 Å². The first-order chi connectivity index (χ1) is 11.6. The van der Waals surface area contributed by atoms with Gasteiger partial charge >= 0.3 is 17.1 Å². The van der Waals surface area contributed by atoms with Crippen molar-refractivity contribution in [2.24, 2.45) is 0 Å². The van der Waals surface area contributed by atoms with Crippen LogP contribution in [0, 0.1) is 62.1 Å². The number of likely N-dealkylation sites (N-methyl/N-ethyl adjacent to an activating group) is 1. The summed E-state index contributed by atoms with van der Waals surface area (Å²) >= 11 is 3.54. The third-order valence-corrected chi connectivity index (χ3v) is 4.89. The third kappa shape index (κ3) is 7.72. The predicted molar refractivity (Wildman–Crippen MR) is 103 cm³/mol. The van der Waals surface area contributed by atoms with Crippen LogP contribution in [0.3, 0.4) is 0 Å². The summed E-state index contributed by atoms with van der Waals surface area (Å²) in [5, 5.41) is 10.4. The Bertz CT molecular complexity index is 447. The molecule has 0 heterocycles. The number of rotatable bonds is 5. The summed E-state index contributed by atoms with van der Waals surface area (Å²) in [5.74, 6) is 1.25. The van der Waals surface area contributed by atoms with Gasteiger partial charge in [-0.25, -0.2) is 0 Å². The van der Waals surface area contributed by atoms with Gasteiger partial charge in [0.2, 0.25) is 0 Å². The van der Waals surface area contributed by atoms with Crippen molar-refractivity contribution in [3.05, 3.63) is 98.0 Å². The van der Waals surface area contributed by atoms with Crippen molar-refractivity contribution in [3.8, 4) is 0 Å². The fourth-order valence-electron chi connectivity index (χ4n) is 2.47. The van der Waals surface area contributed by atoms with E-state index in [1.165, 1.54) is 5.92 Å². The minimum Gasteiger partial charge on any atom is -0.387 e. The molecule has 2 atom stereocenters. The third-order valence-electron chi connectivity index (χ3n) is 4.12. The molecular weight excluding hydrogens is 418 g/mol. The van der Waals surface area contributed by atoms with Gasteiger partial charge in [0.25, 0.3) is 0 Å². The van der Waals surface area contributed by atoms with Crippen molar-refractivity contribution in [2.45, 2.75) is 19.1 Å². The van der Waals surface area contributed by atoms with E-state index >= 15 is 0 Å². The normalized spacial score (nSPS) is 20.7. The first kappa shape index (κ1) is 23.2. The Morgan fingerprint density at radius 3 is 2.00 bits per heavy atom. The largest absolute Gasteiger partial charge is 2.00 e. The SMILES string of the molecule is C[C@@H]([C@H](O)c1ccccc1)N(C)C[C]1[CH][CH][CH][C]1Br.[CH]1[CH][CH][CH][CH]1.[Fe+2]. The second-order valence-corrected chi connectivity index (χ2v) is 6.73. The fraction of sp³-hybridized carbons (Fsp3) is 0.238. The molecule has 1 N–H and O–H groups in total. The Hall–Kier alpha value is 0.139. The van der Waals surface area contributed by atoms with E-state index in [0.29, 0.717) is 0 Å². The van der Waals surface area contributed by atoms with E-state index in [1.807, 2.05) is 82.3 Å². The maximum atomic E-state index is 10.4. The van der Waals surface area contributed by atoms with Gasteiger partial charge in [-0.15, -0.1) is 0 Å². The summed E-state index contributed by atoms with van der Waals surface area (Å²) in [6.45, 7) is 2.87. The van der Waals surface area contributed by atoms with Crippen LogP contribution >= 0.6 is 15.9 Å². The molecule has 2 aliphatic rings. The molecule has 132 valence electrons. The summed E-state index contributed by atoms with van der Waals surface area (Å²) in [6, 6.07) is 9.87. The Morgan fingerprint density at radius 1 is 0.960 bits per heavy atom. The molecule has 3 rings (SSSR count). The zero-order valence-corrected chi connectivity index (χ0v) is 17.2. The fourth-order valence-corrected chi connectivity index (χ4v) is 2.88. The van der Waals surface area contributed by atoms with Crippen LogP contribution in [-0.4, -0.2) is 29.6 Å². The van der Waals surface area contributed by atoms with Crippen LogP contribution in [0.5, 0.6) is 0 Å². The molecule has 1 aromatic rings. The van der Waals surface area contributed by atoms with E-state index in [2.05, 4.69) is 34.2 Å². The van der Waals surface area contributed by atoms with Crippen LogP contribution in [0.4, 0.5) is 0 Å².